The van der Waals surface area contributed by atoms with E-state index in [1.54, 1.807) is 40.9 Å². The molecule has 0 bridgehead atoms. The van der Waals surface area contributed by atoms with Crippen LogP contribution in [0.3, 0.4) is 0 Å². The number of aromatic nitrogens is 4. The van der Waals surface area contributed by atoms with E-state index in [0.717, 1.165) is 37.9 Å². The highest BCUT2D eigenvalue weighted by molar-refractivity contribution is 5.93. The average molecular weight is 476 g/mol. The minimum absolute atomic E-state index is 0.0756. The van der Waals surface area contributed by atoms with Gasteiger partial charge in [0.05, 0.1) is 5.69 Å². The molecule has 1 aliphatic rings. The van der Waals surface area contributed by atoms with Crippen LogP contribution < -0.4 is 0 Å². The summed E-state index contributed by atoms with van der Waals surface area (Å²) in [6.45, 7) is 4.80. The van der Waals surface area contributed by atoms with E-state index in [1.807, 2.05) is 11.8 Å². The molecule has 35 heavy (non-hydrogen) atoms. The Morgan fingerprint density at radius 1 is 1.09 bits per heavy atom. The van der Waals surface area contributed by atoms with E-state index in [2.05, 4.69) is 22.0 Å². The van der Waals surface area contributed by atoms with Gasteiger partial charge in [-0.25, -0.2) is 18.9 Å². The summed E-state index contributed by atoms with van der Waals surface area (Å²) < 4.78 is 30.8. The van der Waals surface area contributed by atoms with Gasteiger partial charge in [-0.15, -0.1) is 0 Å². The molecule has 3 aromatic heterocycles. The molecule has 0 radical (unpaired) electrons. The zero-order chi connectivity index (χ0) is 24.5. The van der Waals surface area contributed by atoms with E-state index >= 15 is 4.39 Å². The predicted octanol–water partition coefficient (Wildman–Crippen LogP) is 5.70. The largest absolute Gasteiger partial charge is 0.335 e. The molecule has 6 nitrogen and oxygen atoms in total. The third kappa shape index (κ3) is 4.40. The molecule has 0 spiro atoms. The van der Waals surface area contributed by atoms with Crippen molar-refractivity contribution in [1.82, 2.24) is 24.5 Å². The Morgan fingerprint density at radius 3 is 2.71 bits per heavy atom. The van der Waals surface area contributed by atoms with Gasteiger partial charge in [0.1, 0.15) is 11.5 Å². The second kappa shape index (κ2) is 9.52. The van der Waals surface area contributed by atoms with Crippen molar-refractivity contribution >= 4 is 11.6 Å². The number of benzene rings is 1. The zero-order valence-electron chi connectivity index (χ0n) is 19.8. The molecule has 0 saturated carbocycles. The van der Waals surface area contributed by atoms with Gasteiger partial charge in [0.2, 0.25) is 5.95 Å². The Balaban J connectivity index is 1.52. The number of halogens is 2. The molecular formula is C27H27F2N5O. The molecule has 8 heteroatoms. The number of nitrogens with zero attached hydrogens (tertiary/aromatic N) is 5. The van der Waals surface area contributed by atoms with Crippen LogP contribution in [-0.2, 0) is 6.42 Å². The van der Waals surface area contributed by atoms with Crippen LogP contribution in [0.25, 0.3) is 28.0 Å². The summed E-state index contributed by atoms with van der Waals surface area (Å²) in [7, 11) is 0. The van der Waals surface area contributed by atoms with Gasteiger partial charge in [-0.2, -0.15) is 9.49 Å². The first-order valence-corrected chi connectivity index (χ1v) is 12.1. The van der Waals surface area contributed by atoms with Crippen molar-refractivity contribution in [2.24, 2.45) is 0 Å². The number of pyridine rings is 1. The van der Waals surface area contributed by atoms with E-state index < -0.39 is 11.8 Å². The van der Waals surface area contributed by atoms with Crippen LogP contribution in [0.1, 0.15) is 55.7 Å². The summed E-state index contributed by atoms with van der Waals surface area (Å²) in [4.78, 5) is 23.5. The van der Waals surface area contributed by atoms with Gasteiger partial charge in [-0.05, 0) is 62.1 Å². The van der Waals surface area contributed by atoms with E-state index in [4.69, 9.17) is 0 Å². The van der Waals surface area contributed by atoms with Crippen molar-refractivity contribution < 1.29 is 13.6 Å². The summed E-state index contributed by atoms with van der Waals surface area (Å²) in [6.07, 6.45) is 6.23. The van der Waals surface area contributed by atoms with Gasteiger partial charge >= 0.3 is 0 Å². The maximum absolute atomic E-state index is 15.1. The molecule has 0 N–H and O–H groups in total. The SMILES string of the molecule is CCc1cc(C(=O)N2CCCCCC2C)nc2cc(-c3ccc(-c4cccnc4F)cc3F)nn12. The third-order valence-electron chi connectivity index (χ3n) is 6.71. The maximum atomic E-state index is 15.1. The van der Waals surface area contributed by atoms with E-state index in [1.165, 1.54) is 12.3 Å². The summed E-state index contributed by atoms with van der Waals surface area (Å²) in [5.74, 6) is -1.25. The molecule has 180 valence electrons. The van der Waals surface area contributed by atoms with Crippen molar-refractivity contribution in [2.75, 3.05) is 6.54 Å². The van der Waals surface area contributed by atoms with Crippen LogP contribution in [0, 0.1) is 11.8 Å². The van der Waals surface area contributed by atoms with Gasteiger partial charge < -0.3 is 4.90 Å². The monoisotopic (exact) mass is 475 g/mol. The van der Waals surface area contributed by atoms with Gasteiger partial charge in [0.25, 0.3) is 5.91 Å². The van der Waals surface area contributed by atoms with Crippen molar-refractivity contribution in [1.29, 1.82) is 0 Å². The molecule has 5 rings (SSSR count). The molecule has 1 saturated heterocycles. The lowest BCUT2D eigenvalue weighted by atomic mass is 10.0. The van der Waals surface area contributed by atoms with Crippen molar-refractivity contribution in [3.63, 3.8) is 0 Å². The summed E-state index contributed by atoms with van der Waals surface area (Å²) in [5.41, 5.74) is 3.00. The summed E-state index contributed by atoms with van der Waals surface area (Å²) in [6, 6.07) is 11.3. The van der Waals surface area contributed by atoms with E-state index in [-0.39, 0.29) is 23.1 Å². The number of hydrogen-bond acceptors (Lipinski definition) is 4. The molecule has 4 aromatic rings. The first kappa shape index (κ1) is 23.1. The highest BCUT2D eigenvalue weighted by Gasteiger charge is 2.25. The standard InChI is InChI=1S/C27H27F2N5O/c1-3-19-15-24(27(35)33-13-6-4-5-8-17(33)2)31-25-16-23(32-34(19)25)21-11-10-18(14-22(21)28)20-9-7-12-30-26(20)29/h7,9-12,14-17H,3-6,8,13H2,1-2H3. The number of amides is 1. The highest BCUT2D eigenvalue weighted by Crippen LogP contribution is 2.29. The van der Waals surface area contributed by atoms with Crippen LogP contribution in [0.5, 0.6) is 0 Å². The molecule has 4 heterocycles. The zero-order valence-corrected chi connectivity index (χ0v) is 19.8. The first-order valence-electron chi connectivity index (χ1n) is 12.1. The lowest BCUT2D eigenvalue weighted by Crippen LogP contribution is -2.38. The fourth-order valence-corrected chi connectivity index (χ4v) is 4.75. The number of hydrogen-bond donors (Lipinski definition) is 0. The fraction of sp³-hybridized carbons (Fsp3) is 0.333. The molecule has 1 aliphatic heterocycles. The number of fused-ring (bicyclic) bond motifs is 1. The van der Waals surface area contributed by atoms with Gasteiger partial charge in [-0.1, -0.05) is 25.8 Å². The van der Waals surface area contributed by atoms with Gasteiger partial charge in [-0.3, -0.25) is 4.79 Å². The normalized spacial score (nSPS) is 16.5. The van der Waals surface area contributed by atoms with Gasteiger partial charge in [0.15, 0.2) is 5.65 Å². The smallest absolute Gasteiger partial charge is 0.272 e. The van der Waals surface area contributed by atoms with Crippen LogP contribution in [0.2, 0.25) is 0 Å². The number of aryl methyl sites for hydroxylation is 1. The molecular weight excluding hydrogens is 448 g/mol. The van der Waals surface area contributed by atoms with Crippen molar-refractivity contribution in [3.05, 3.63) is 71.8 Å². The Hall–Kier alpha value is -3.68. The minimum Gasteiger partial charge on any atom is -0.335 e. The second-order valence-corrected chi connectivity index (χ2v) is 9.02. The minimum atomic E-state index is -0.653. The van der Waals surface area contributed by atoms with E-state index in [9.17, 15) is 9.18 Å². The van der Waals surface area contributed by atoms with Crippen LogP contribution in [-0.4, -0.2) is 43.0 Å². The van der Waals surface area contributed by atoms with Crippen LogP contribution in [0.4, 0.5) is 8.78 Å². The number of carbonyl (C=O) groups excluding carboxylic acids is 1. The topological polar surface area (TPSA) is 63.4 Å². The highest BCUT2D eigenvalue weighted by atomic mass is 19.1. The van der Waals surface area contributed by atoms with Crippen LogP contribution in [0.15, 0.2) is 48.7 Å². The predicted molar refractivity (Wildman–Crippen MR) is 130 cm³/mol. The fourth-order valence-electron chi connectivity index (χ4n) is 4.75. The summed E-state index contributed by atoms with van der Waals surface area (Å²) >= 11 is 0. The lowest BCUT2D eigenvalue weighted by molar-refractivity contribution is 0.0692. The quantitative estimate of drug-likeness (QED) is 0.355. The average Bonchev–Trinajstić information content (AvgIpc) is 3.17. The molecule has 1 unspecified atom stereocenters. The Labute approximate surface area is 202 Å². The second-order valence-electron chi connectivity index (χ2n) is 9.02. The summed E-state index contributed by atoms with van der Waals surface area (Å²) in [5, 5.41) is 4.58. The van der Waals surface area contributed by atoms with Crippen molar-refractivity contribution in [3.8, 4) is 22.4 Å². The van der Waals surface area contributed by atoms with Gasteiger partial charge in [0, 0.05) is 41.7 Å². The first-order chi connectivity index (χ1) is 17.0. The van der Waals surface area contributed by atoms with Crippen molar-refractivity contribution in [2.45, 2.75) is 52.0 Å². The Kier molecular flexibility index (Phi) is 6.28. The van der Waals surface area contributed by atoms with Crippen LogP contribution >= 0.6 is 0 Å². The number of carbonyl (C=O) groups is 1. The molecule has 1 atom stereocenters. The molecule has 1 aromatic carbocycles. The molecule has 0 aliphatic carbocycles. The maximum Gasteiger partial charge on any atom is 0.272 e. The molecule has 1 amide bonds. The third-order valence-corrected chi connectivity index (χ3v) is 6.71. The molecule has 1 fully saturated rings. The Bertz CT molecular complexity index is 1400. The van der Waals surface area contributed by atoms with E-state index in [0.29, 0.717) is 29.0 Å². The Morgan fingerprint density at radius 2 is 1.94 bits per heavy atom. The number of likely N-dealkylation sites (tertiary alicyclic amines) is 1. The lowest BCUT2D eigenvalue weighted by Gasteiger charge is -2.27. The number of rotatable bonds is 4.